The third-order valence-corrected chi connectivity index (χ3v) is 2.26. The Morgan fingerprint density at radius 3 is 2.33 bits per heavy atom. The first-order valence-electron chi connectivity index (χ1n) is 5.18. The van der Waals surface area contributed by atoms with E-state index < -0.39 is 17.5 Å². The third kappa shape index (κ3) is 4.78. The second kappa shape index (κ2) is 5.70. The molecule has 5 nitrogen and oxygen atoms in total. The molecule has 0 aromatic heterocycles. The number of carbonyl (C=O) groups excluding carboxylic acids is 2. The highest BCUT2D eigenvalue weighted by molar-refractivity contribution is 5.91. The van der Waals surface area contributed by atoms with E-state index in [1.165, 1.54) is 0 Å². The quantitative estimate of drug-likeness (QED) is 0.576. The first-order valence-corrected chi connectivity index (χ1v) is 5.18. The molecule has 0 spiro atoms. The van der Waals surface area contributed by atoms with E-state index in [0.29, 0.717) is 6.42 Å². The summed E-state index contributed by atoms with van der Waals surface area (Å²) >= 11 is 0. The molecule has 0 bridgehead atoms. The van der Waals surface area contributed by atoms with Crippen molar-refractivity contribution in [3.05, 3.63) is 0 Å². The predicted octanol–water partition coefficient (Wildman–Crippen LogP) is -0.116. The Kier molecular flexibility index (Phi) is 5.28. The van der Waals surface area contributed by atoms with Crippen LogP contribution in [-0.2, 0) is 9.59 Å². The summed E-state index contributed by atoms with van der Waals surface area (Å²) in [7, 11) is 0. The molecule has 88 valence electrons. The Morgan fingerprint density at radius 1 is 1.40 bits per heavy atom. The van der Waals surface area contributed by atoms with E-state index >= 15 is 0 Å². The van der Waals surface area contributed by atoms with E-state index in [1.54, 1.807) is 13.8 Å². The third-order valence-electron chi connectivity index (χ3n) is 2.26. The maximum atomic E-state index is 11.5. The molecule has 5 N–H and O–H groups in total. The van der Waals surface area contributed by atoms with Crippen LogP contribution in [0.25, 0.3) is 0 Å². The molecular weight excluding hydrogens is 194 g/mol. The standard InChI is InChI=1S/C10H21N3O2/c1-4-5-6-7(11)8(14)13-10(2,3)9(12)15/h7H,4-6,11H2,1-3H3,(H2,12,15)(H,13,14). The van der Waals surface area contributed by atoms with Crippen LogP contribution in [0.3, 0.4) is 0 Å². The van der Waals surface area contributed by atoms with Crippen LogP contribution in [0.2, 0.25) is 0 Å². The average molecular weight is 215 g/mol. The minimum Gasteiger partial charge on any atom is -0.368 e. The van der Waals surface area contributed by atoms with Gasteiger partial charge in [-0.05, 0) is 20.3 Å². The van der Waals surface area contributed by atoms with Gasteiger partial charge in [-0.25, -0.2) is 0 Å². The maximum Gasteiger partial charge on any atom is 0.242 e. The zero-order valence-corrected chi connectivity index (χ0v) is 9.67. The van der Waals surface area contributed by atoms with Gasteiger partial charge in [0.1, 0.15) is 5.54 Å². The van der Waals surface area contributed by atoms with Gasteiger partial charge in [0.15, 0.2) is 0 Å². The summed E-state index contributed by atoms with van der Waals surface area (Å²) in [6.45, 7) is 5.14. The summed E-state index contributed by atoms with van der Waals surface area (Å²) in [6, 6.07) is -0.566. The van der Waals surface area contributed by atoms with Crippen molar-refractivity contribution in [2.24, 2.45) is 11.5 Å². The van der Waals surface area contributed by atoms with Crippen molar-refractivity contribution in [3.8, 4) is 0 Å². The van der Waals surface area contributed by atoms with E-state index in [0.717, 1.165) is 12.8 Å². The van der Waals surface area contributed by atoms with Crippen LogP contribution in [0.4, 0.5) is 0 Å². The highest BCUT2D eigenvalue weighted by Gasteiger charge is 2.28. The fraction of sp³-hybridized carbons (Fsp3) is 0.800. The fourth-order valence-corrected chi connectivity index (χ4v) is 1.02. The number of amides is 2. The van der Waals surface area contributed by atoms with Crippen molar-refractivity contribution in [1.82, 2.24) is 5.32 Å². The lowest BCUT2D eigenvalue weighted by atomic mass is 10.0. The molecule has 5 heteroatoms. The molecule has 1 unspecified atom stereocenters. The zero-order valence-electron chi connectivity index (χ0n) is 9.67. The van der Waals surface area contributed by atoms with Gasteiger partial charge >= 0.3 is 0 Å². The van der Waals surface area contributed by atoms with Crippen molar-refractivity contribution < 1.29 is 9.59 Å². The first-order chi connectivity index (χ1) is 6.81. The molecule has 0 aromatic rings. The van der Waals surface area contributed by atoms with E-state index in [4.69, 9.17) is 11.5 Å². The first kappa shape index (κ1) is 13.9. The van der Waals surface area contributed by atoms with Crippen molar-refractivity contribution in [1.29, 1.82) is 0 Å². The SMILES string of the molecule is CCCCC(N)C(=O)NC(C)(C)C(N)=O. The van der Waals surface area contributed by atoms with Crippen LogP contribution in [0, 0.1) is 0 Å². The summed E-state index contributed by atoms with van der Waals surface area (Å²) in [5, 5.41) is 2.53. The topological polar surface area (TPSA) is 98.2 Å². The van der Waals surface area contributed by atoms with Gasteiger partial charge in [0.2, 0.25) is 11.8 Å². The van der Waals surface area contributed by atoms with E-state index in [1.807, 2.05) is 6.92 Å². The molecule has 0 aliphatic heterocycles. The van der Waals surface area contributed by atoms with Gasteiger partial charge in [0.25, 0.3) is 0 Å². The molecule has 0 saturated carbocycles. The van der Waals surface area contributed by atoms with E-state index in [9.17, 15) is 9.59 Å². The molecule has 0 radical (unpaired) electrons. The zero-order chi connectivity index (χ0) is 12.1. The lowest BCUT2D eigenvalue weighted by Crippen LogP contribution is -2.56. The summed E-state index contributed by atoms with van der Waals surface area (Å²) < 4.78 is 0. The molecule has 0 aliphatic carbocycles. The van der Waals surface area contributed by atoms with Crippen molar-refractivity contribution in [2.45, 2.75) is 51.6 Å². The van der Waals surface area contributed by atoms with Gasteiger partial charge in [-0.1, -0.05) is 19.8 Å². The Balaban J connectivity index is 4.18. The molecule has 0 heterocycles. The number of hydrogen-bond donors (Lipinski definition) is 3. The monoisotopic (exact) mass is 215 g/mol. The Bertz CT molecular complexity index is 239. The Labute approximate surface area is 90.6 Å². The van der Waals surface area contributed by atoms with Crippen molar-refractivity contribution in [3.63, 3.8) is 0 Å². The van der Waals surface area contributed by atoms with Gasteiger partial charge in [-0.2, -0.15) is 0 Å². The molecule has 2 amide bonds. The van der Waals surface area contributed by atoms with E-state index in [-0.39, 0.29) is 5.91 Å². The van der Waals surface area contributed by atoms with Crippen LogP contribution in [0.1, 0.15) is 40.0 Å². The number of nitrogens with two attached hydrogens (primary N) is 2. The minimum atomic E-state index is -1.04. The van der Waals surface area contributed by atoms with Crippen LogP contribution in [0.5, 0.6) is 0 Å². The Hall–Kier alpha value is -1.10. The van der Waals surface area contributed by atoms with Crippen molar-refractivity contribution >= 4 is 11.8 Å². The molecule has 0 rings (SSSR count). The summed E-state index contributed by atoms with van der Waals surface area (Å²) in [6.07, 6.45) is 2.50. The predicted molar refractivity (Wildman–Crippen MR) is 58.9 cm³/mol. The number of nitrogens with one attached hydrogen (secondary N) is 1. The van der Waals surface area contributed by atoms with Gasteiger partial charge in [-0.15, -0.1) is 0 Å². The normalized spacial score (nSPS) is 13.3. The second-order valence-corrected chi connectivity index (χ2v) is 4.23. The average Bonchev–Trinajstić information content (AvgIpc) is 2.13. The van der Waals surface area contributed by atoms with Gasteiger partial charge < -0.3 is 16.8 Å². The minimum absolute atomic E-state index is 0.327. The van der Waals surface area contributed by atoms with Gasteiger partial charge in [0.05, 0.1) is 6.04 Å². The molecule has 0 aliphatic rings. The molecule has 15 heavy (non-hydrogen) atoms. The van der Waals surface area contributed by atoms with Crippen LogP contribution in [-0.4, -0.2) is 23.4 Å². The molecule has 0 fully saturated rings. The highest BCUT2D eigenvalue weighted by atomic mass is 16.2. The number of unbranched alkanes of at least 4 members (excludes halogenated alkanes) is 1. The van der Waals surface area contributed by atoms with Crippen molar-refractivity contribution in [2.75, 3.05) is 0 Å². The number of primary amides is 1. The highest BCUT2D eigenvalue weighted by Crippen LogP contribution is 2.03. The lowest BCUT2D eigenvalue weighted by molar-refractivity contribution is -0.131. The number of hydrogen-bond acceptors (Lipinski definition) is 3. The lowest BCUT2D eigenvalue weighted by Gasteiger charge is -2.24. The Morgan fingerprint density at radius 2 is 1.93 bits per heavy atom. The summed E-state index contributed by atoms with van der Waals surface area (Å²) in [4.78, 5) is 22.5. The van der Waals surface area contributed by atoms with Crippen LogP contribution in [0.15, 0.2) is 0 Å². The number of rotatable bonds is 6. The molecular formula is C10H21N3O2. The van der Waals surface area contributed by atoms with Gasteiger partial charge in [-0.3, -0.25) is 9.59 Å². The van der Waals surface area contributed by atoms with E-state index in [2.05, 4.69) is 5.32 Å². The smallest absolute Gasteiger partial charge is 0.242 e. The molecule has 0 saturated heterocycles. The number of carbonyl (C=O) groups is 2. The maximum absolute atomic E-state index is 11.5. The summed E-state index contributed by atoms with van der Waals surface area (Å²) in [5.74, 6) is -0.897. The summed E-state index contributed by atoms with van der Waals surface area (Å²) in [5.41, 5.74) is 9.73. The van der Waals surface area contributed by atoms with Gasteiger partial charge in [0, 0.05) is 0 Å². The second-order valence-electron chi connectivity index (χ2n) is 4.23. The molecule has 1 atom stereocenters. The van der Waals surface area contributed by atoms with Crippen LogP contribution >= 0.6 is 0 Å². The largest absolute Gasteiger partial charge is 0.368 e. The fourth-order valence-electron chi connectivity index (χ4n) is 1.02. The van der Waals surface area contributed by atoms with Crippen LogP contribution < -0.4 is 16.8 Å². The molecule has 0 aromatic carbocycles.